The Morgan fingerprint density at radius 1 is 1.30 bits per heavy atom. The number of hydrogen-bond donors (Lipinski definition) is 1. The van der Waals surface area contributed by atoms with Crippen LogP contribution >= 0.6 is 15.9 Å². The lowest BCUT2D eigenvalue weighted by Gasteiger charge is -2.08. The summed E-state index contributed by atoms with van der Waals surface area (Å²) < 4.78 is 3.99. The van der Waals surface area contributed by atoms with E-state index in [1.807, 2.05) is 25.1 Å². The zero-order chi connectivity index (χ0) is 16.6. The maximum atomic E-state index is 12.6. The highest BCUT2D eigenvalue weighted by molar-refractivity contribution is 9.10. The van der Waals surface area contributed by atoms with Crippen molar-refractivity contribution in [1.29, 1.82) is 0 Å². The number of aryl methyl sites for hydroxylation is 2. The molecule has 0 atom stereocenters. The van der Waals surface area contributed by atoms with E-state index in [2.05, 4.69) is 26.1 Å². The largest absolute Gasteiger partial charge is 0.481 e. The van der Waals surface area contributed by atoms with E-state index in [4.69, 9.17) is 5.11 Å². The Labute approximate surface area is 139 Å². The molecule has 2 heterocycles. The Morgan fingerprint density at radius 2 is 2.09 bits per heavy atom. The molecule has 0 saturated carbocycles. The quantitative estimate of drug-likeness (QED) is 0.751. The van der Waals surface area contributed by atoms with Gasteiger partial charge in [-0.25, -0.2) is 0 Å². The number of hydrogen-bond acceptors (Lipinski definition) is 4. The monoisotopic (exact) mass is 376 g/mol. The first kappa shape index (κ1) is 15.4. The Bertz CT molecular complexity index is 961. The van der Waals surface area contributed by atoms with Gasteiger partial charge >= 0.3 is 11.5 Å². The van der Waals surface area contributed by atoms with Crippen LogP contribution in [0.1, 0.15) is 17.8 Å². The van der Waals surface area contributed by atoms with Gasteiger partial charge in [0.2, 0.25) is 5.65 Å². The van der Waals surface area contributed by atoms with E-state index in [0.29, 0.717) is 5.82 Å². The van der Waals surface area contributed by atoms with E-state index < -0.39 is 5.97 Å². The molecule has 1 aromatic carbocycles. The second-order valence-corrected chi connectivity index (χ2v) is 5.96. The molecule has 1 N–H and O–H groups in total. The zero-order valence-electron chi connectivity index (χ0n) is 12.2. The molecule has 0 aliphatic heterocycles. The fraction of sp³-hybridized carbons (Fsp3) is 0.200. The lowest BCUT2D eigenvalue weighted by Crippen LogP contribution is -2.20. The van der Waals surface area contributed by atoms with Gasteiger partial charge in [0.1, 0.15) is 5.82 Å². The lowest BCUT2D eigenvalue weighted by atomic mass is 10.2. The van der Waals surface area contributed by atoms with Gasteiger partial charge in [-0.3, -0.25) is 18.6 Å². The molecule has 7 nitrogen and oxygen atoms in total. The molecule has 0 aliphatic carbocycles. The van der Waals surface area contributed by atoms with Gasteiger partial charge in [-0.1, -0.05) is 15.9 Å². The minimum absolute atomic E-state index is 0.0597. The first-order valence-corrected chi connectivity index (χ1v) is 7.70. The van der Waals surface area contributed by atoms with Crippen LogP contribution in [0, 0.1) is 6.92 Å². The van der Waals surface area contributed by atoms with Crippen LogP contribution in [0.4, 0.5) is 0 Å². The summed E-state index contributed by atoms with van der Waals surface area (Å²) in [5.74, 6) is -0.459. The number of carbonyl (C=O) groups is 1. The SMILES string of the molecule is Cc1cc(-n2ccn3c(CCC(=O)O)nnc3c2=O)ccc1Br. The molecule has 0 bridgehead atoms. The normalized spacial score (nSPS) is 11.0. The molecule has 3 aromatic rings. The Morgan fingerprint density at radius 3 is 2.78 bits per heavy atom. The molecule has 0 saturated heterocycles. The number of carboxylic acids is 1. The smallest absolute Gasteiger partial charge is 0.303 e. The summed E-state index contributed by atoms with van der Waals surface area (Å²) in [7, 11) is 0. The Balaban J connectivity index is 2.07. The van der Waals surface area contributed by atoms with Crippen molar-refractivity contribution in [1.82, 2.24) is 19.2 Å². The summed E-state index contributed by atoms with van der Waals surface area (Å²) in [6, 6.07) is 5.60. The van der Waals surface area contributed by atoms with Gasteiger partial charge in [-0.15, -0.1) is 10.2 Å². The number of fused-ring (bicyclic) bond motifs is 1. The maximum absolute atomic E-state index is 12.6. The van der Waals surface area contributed by atoms with E-state index in [9.17, 15) is 9.59 Å². The van der Waals surface area contributed by atoms with Crippen LogP contribution in [0.5, 0.6) is 0 Å². The minimum atomic E-state index is -0.916. The fourth-order valence-corrected chi connectivity index (χ4v) is 2.55. The standard InChI is InChI=1S/C15H13BrN4O3/c1-9-8-10(2-3-11(9)16)19-6-7-20-12(4-5-13(21)22)17-18-14(20)15(19)23/h2-3,6-8H,4-5H2,1H3,(H,21,22). The van der Waals surface area contributed by atoms with Gasteiger partial charge in [0, 0.05) is 29.0 Å². The van der Waals surface area contributed by atoms with Crippen molar-refractivity contribution < 1.29 is 9.90 Å². The maximum Gasteiger partial charge on any atom is 0.303 e. The second kappa shape index (κ2) is 5.96. The molecular weight excluding hydrogens is 364 g/mol. The predicted molar refractivity (Wildman–Crippen MR) is 87.0 cm³/mol. The Kier molecular flexibility index (Phi) is 3.99. The highest BCUT2D eigenvalue weighted by Crippen LogP contribution is 2.18. The van der Waals surface area contributed by atoms with Gasteiger partial charge in [-0.05, 0) is 30.7 Å². The Hall–Kier alpha value is -2.48. The van der Waals surface area contributed by atoms with Crippen molar-refractivity contribution in [2.24, 2.45) is 0 Å². The number of rotatable bonds is 4. The molecule has 0 spiro atoms. The number of nitrogens with zero attached hydrogens (tertiary/aromatic N) is 4. The number of halogens is 1. The fourth-order valence-electron chi connectivity index (χ4n) is 2.31. The van der Waals surface area contributed by atoms with Crippen molar-refractivity contribution in [2.75, 3.05) is 0 Å². The molecule has 0 unspecified atom stereocenters. The zero-order valence-corrected chi connectivity index (χ0v) is 13.8. The molecule has 0 amide bonds. The van der Waals surface area contributed by atoms with Crippen LogP contribution in [0.15, 0.2) is 39.9 Å². The van der Waals surface area contributed by atoms with Crippen LogP contribution in [-0.2, 0) is 11.2 Å². The van der Waals surface area contributed by atoms with Crippen molar-refractivity contribution in [3.05, 3.63) is 56.8 Å². The molecule has 0 fully saturated rings. The van der Waals surface area contributed by atoms with Crippen molar-refractivity contribution in [3.63, 3.8) is 0 Å². The third kappa shape index (κ3) is 2.89. The summed E-state index contributed by atoms with van der Waals surface area (Å²) in [6.07, 6.45) is 3.46. The molecule has 3 rings (SSSR count). The molecule has 0 radical (unpaired) electrons. The van der Waals surface area contributed by atoms with Crippen LogP contribution in [0.25, 0.3) is 11.3 Å². The predicted octanol–water partition coefficient (Wildman–Crippen LogP) is 1.97. The summed E-state index contributed by atoms with van der Waals surface area (Å²) in [5, 5.41) is 16.6. The lowest BCUT2D eigenvalue weighted by molar-refractivity contribution is -0.137. The van der Waals surface area contributed by atoms with Gasteiger partial charge in [-0.2, -0.15) is 0 Å². The first-order valence-electron chi connectivity index (χ1n) is 6.91. The van der Waals surface area contributed by atoms with Crippen LogP contribution in [0.3, 0.4) is 0 Å². The summed E-state index contributed by atoms with van der Waals surface area (Å²) in [5.41, 5.74) is 1.61. The first-order chi connectivity index (χ1) is 11.0. The topological polar surface area (TPSA) is 89.5 Å². The summed E-state index contributed by atoms with van der Waals surface area (Å²) >= 11 is 3.43. The van der Waals surface area contributed by atoms with E-state index in [-0.39, 0.29) is 24.0 Å². The molecule has 23 heavy (non-hydrogen) atoms. The number of benzene rings is 1. The van der Waals surface area contributed by atoms with Gasteiger partial charge in [0.05, 0.1) is 6.42 Å². The molecule has 8 heteroatoms. The van der Waals surface area contributed by atoms with Gasteiger partial charge in [0.25, 0.3) is 0 Å². The summed E-state index contributed by atoms with van der Waals surface area (Å²) in [4.78, 5) is 23.3. The second-order valence-electron chi connectivity index (χ2n) is 5.11. The minimum Gasteiger partial charge on any atom is -0.481 e. The highest BCUT2D eigenvalue weighted by Gasteiger charge is 2.12. The number of carboxylic acid groups (broad SMARTS) is 1. The van der Waals surface area contributed by atoms with Crippen molar-refractivity contribution >= 4 is 27.5 Å². The van der Waals surface area contributed by atoms with Crippen molar-refractivity contribution in [3.8, 4) is 5.69 Å². The number of aliphatic carboxylic acids is 1. The van der Waals surface area contributed by atoms with Gasteiger partial charge in [0.15, 0.2) is 0 Å². The van der Waals surface area contributed by atoms with Crippen LogP contribution in [-0.4, -0.2) is 30.2 Å². The highest BCUT2D eigenvalue weighted by atomic mass is 79.9. The summed E-state index contributed by atoms with van der Waals surface area (Å²) in [6.45, 7) is 1.94. The van der Waals surface area contributed by atoms with Gasteiger partial charge < -0.3 is 5.11 Å². The third-order valence-corrected chi connectivity index (χ3v) is 4.41. The van der Waals surface area contributed by atoms with Crippen LogP contribution < -0.4 is 5.56 Å². The molecule has 118 valence electrons. The molecular formula is C15H13BrN4O3. The van der Waals surface area contributed by atoms with E-state index in [1.165, 1.54) is 8.97 Å². The average Bonchev–Trinajstić information content (AvgIpc) is 2.92. The van der Waals surface area contributed by atoms with Crippen molar-refractivity contribution in [2.45, 2.75) is 19.8 Å². The number of aromatic nitrogens is 4. The van der Waals surface area contributed by atoms with Crippen LogP contribution in [0.2, 0.25) is 0 Å². The van der Waals surface area contributed by atoms with E-state index in [1.54, 1.807) is 12.4 Å². The van der Waals surface area contributed by atoms with E-state index >= 15 is 0 Å². The third-order valence-electron chi connectivity index (χ3n) is 3.52. The molecule has 2 aromatic heterocycles. The van der Waals surface area contributed by atoms with E-state index in [0.717, 1.165) is 15.7 Å². The average molecular weight is 377 g/mol. The molecule has 0 aliphatic rings.